The van der Waals surface area contributed by atoms with Crippen molar-refractivity contribution in [2.45, 2.75) is 18.1 Å². The predicted octanol–water partition coefficient (Wildman–Crippen LogP) is 3.79. The Bertz CT molecular complexity index is 1150. The van der Waals surface area contributed by atoms with E-state index in [0.717, 1.165) is 23.3 Å². The minimum Gasteiger partial charge on any atom is -0.485 e. The van der Waals surface area contributed by atoms with E-state index in [1.54, 1.807) is 0 Å². The highest BCUT2D eigenvalue weighted by Crippen LogP contribution is 2.36. The maximum absolute atomic E-state index is 12.8. The van der Waals surface area contributed by atoms with Gasteiger partial charge in [-0.25, -0.2) is 0 Å². The van der Waals surface area contributed by atoms with Crippen molar-refractivity contribution in [3.63, 3.8) is 0 Å². The molecule has 162 valence electrons. The summed E-state index contributed by atoms with van der Waals surface area (Å²) < 4.78 is 45.0. The van der Waals surface area contributed by atoms with Crippen LogP contribution in [-0.4, -0.2) is 37.9 Å². The normalized spacial score (nSPS) is 11.1. The molecule has 0 spiro atoms. The zero-order valence-corrected chi connectivity index (χ0v) is 18.0. The largest absolute Gasteiger partial charge is 0.485 e. The molecule has 31 heavy (non-hydrogen) atoms. The van der Waals surface area contributed by atoms with Gasteiger partial charge in [0.2, 0.25) is 0 Å². The summed E-state index contributed by atoms with van der Waals surface area (Å²) >= 11 is 0. The van der Waals surface area contributed by atoms with Crippen LogP contribution in [0.25, 0.3) is 0 Å². The van der Waals surface area contributed by atoms with Gasteiger partial charge in [-0.2, -0.15) is 8.42 Å². The lowest BCUT2D eigenvalue weighted by Crippen LogP contribution is -2.23. The van der Waals surface area contributed by atoms with Crippen LogP contribution in [0.2, 0.25) is 0 Å². The predicted molar refractivity (Wildman–Crippen MR) is 116 cm³/mol. The van der Waals surface area contributed by atoms with Gasteiger partial charge < -0.3 is 14.4 Å². The topological polar surface area (TPSA) is 93.1 Å². The van der Waals surface area contributed by atoms with E-state index >= 15 is 0 Å². The lowest BCUT2D eigenvalue weighted by Gasteiger charge is -2.19. The molecule has 7 nitrogen and oxygen atoms in total. The third-order valence-corrected chi connectivity index (χ3v) is 5.26. The number of nitrogens with zero attached hydrogens (tertiary/aromatic N) is 1. The summed E-state index contributed by atoms with van der Waals surface area (Å²) in [4.78, 5) is 13.6. The van der Waals surface area contributed by atoms with Gasteiger partial charge in [0.15, 0.2) is 11.5 Å². The molecule has 3 aromatic rings. The highest BCUT2D eigenvalue weighted by atomic mass is 32.2. The molecule has 1 amide bonds. The molecule has 0 aromatic heterocycles. The van der Waals surface area contributed by atoms with Crippen LogP contribution in [0.5, 0.6) is 11.5 Å². The smallest absolute Gasteiger partial charge is 0.294 e. The quantitative estimate of drug-likeness (QED) is 0.535. The Morgan fingerprint density at radius 3 is 1.87 bits per heavy atom. The molecule has 0 heterocycles. The maximum atomic E-state index is 12.8. The zero-order valence-electron chi connectivity index (χ0n) is 17.2. The lowest BCUT2D eigenvalue weighted by atomic mass is 10.1. The average molecular weight is 442 g/mol. The molecule has 0 saturated carbocycles. The summed E-state index contributed by atoms with van der Waals surface area (Å²) in [6.07, 6.45) is 0. The van der Waals surface area contributed by atoms with Gasteiger partial charge in [-0.3, -0.25) is 9.35 Å². The van der Waals surface area contributed by atoms with Crippen LogP contribution >= 0.6 is 0 Å². The Morgan fingerprint density at radius 2 is 1.39 bits per heavy atom. The second-order valence-corrected chi connectivity index (χ2v) is 8.44. The monoisotopic (exact) mass is 441 g/mol. The SMILES string of the molecule is CN(C)C(=O)c1cc(S(=O)(=O)O)cc(OCc2ccccc2)c1OCc1ccccc1. The Morgan fingerprint density at radius 1 is 0.871 bits per heavy atom. The van der Waals surface area contributed by atoms with E-state index in [0.29, 0.717) is 0 Å². The van der Waals surface area contributed by atoms with Crippen molar-refractivity contribution in [3.8, 4) is 11.5 Å². The second-order valence-electron chi connectivity index (χ2n) is 7.02. The van der Waals surface area contributed by atoms with E-state index in [1.165, 1.54) is 19.0 Å². The number of hydrogen-bond donors (Lipinski definition) is 1. The van der Waals surface area contributed by atoms with Gasteiger partial charge in [0, 0.05) is 20.2 Å². The molecule has 0 fully saturated rings. The van der Waals surface area contributed by atoms with Crippen LogP contribution in [0, 0.1) is 0 Å². The highest BCUT2D eigenvalue weighted by molar-refractivity contribution is 7.85. The van der Waals surface area contributed by atoms with E-state index in [-0.39, 0.29) is 30.3 Å². The standard InChI is InChI=1S/C23H23NO6S/c1-24(2)23(25)20-13-19(31(26,27)28)14-21(29-15-17-9-5-3-6-10-17)22(20)30-16-18-11-7-4-8-12-18/h3-14H,15-16H2,1-2H3,(H,26,27,28). The fraction of sp³-hybridized carbons (Fsp3) is 0.174. The van der Waals surface area contributed by atoms with Crippen molar-refractivity contribution in [2.75, 3.05) is 14.1 Å². The minimum atomic E-state index is -4.58. The van der Waals surface area contributed by atoms with Gasteiger partial charge in [0.1, 0.15) is 13.2 Å². The summed E-state index contributed by atoms with van der Waals surface area (Å²) in [6, 6.07) is 20.8. The Labute approximate surface area is 181 Å². The van der Waals surface area contributed by atoms with Crippen molar-refractivity contribution in [1.82, 2.24) is 4.90 Å². The summed E-state index contributed by atoms with van der Waals surface area (Å²) in [7, 11) is -1.51. The first-order chi connectivity index (χ1) is 14.8. The number of amides is 1. The first-order valence-corrected chi connectivity index (χ1v) is 10.9. The van der Waals surface area contributed by atoms with Gasteiger partial charge in [-0.15, -0.1) is 0 Å². The van der Waals surface area contributed by atoms with Crippen LogP contribution in [0.4, 0.5) is 0 Å². The van der Waals surface area contributed by atoms with Crippen LogP contribution in [0.15, 0.2) is 77.7 Å². The van der Waals surface area contributed by atoms with Crippen molar-refractivity contribution >= 4 is 16.0 Å². The van der Waals surface area contributed by atoms with Gasteiger partial charge in [-0.05, 0) is 17.2 Å². The molecule has 0 radical (unpaired) electrons. The molecular formula is C23H23NO6S. The number of ether oxygens (including phenoxy) is 2. The molecule has 1 N–H and O–H groups in total. The Hall–Kier alpha value is -3.36. The number of rotatable bonds is 8. The molecule has 3 rings (SSSR count). The number of benzene rings is 3. The molecule has 0 aliphatic heterocycles. The maximum Gasteiger partial charge on any atom is 0.294 e. The fourth-order valence-corrected chi connectivity index (χ4v) is 3.37. The summed E-state index contributed by atoms with van der Waals surface area (Å²) in [5, 5.41) is 0. The summed E-state index contributed by atoms with van der Waals surface area (Å²) in [6.45, 7) is 0.258. The number of carbonyl (C=O) groups excluding carboxylic acids is 1. The zero-order chi connectivity index (χ0) is 22.4. The number of carbonyl (C=O) groups is 1. The first-order valence-electron chi connectivity index (χ1n) is 9.46. The molecule has 3 aromatic carbocycles. The van der Waals surface area contributed by atoms with E-state index in [2.05, 4.69) is 0 Å². The van der Waals surface area contributed by atoms with Crippen molar-refractivity contribution in [1.29, 1.82) is 0 Å². The molecule has 0 aliphatic rings. The molecule has 0 bridgehead atoms. The van der Waals surface area contributed by atoms with Gasteiger partial charge in [0.25, 0.3) is 16.0 Å². The van der Waals surface area contributed by atoms with Gasteiger partial charge in [0.05, 0.1) is 10.5 Å². The minimum absolute atomic E-state index is 0.0286. The van der Waals surface area contributed by atoms with E-state index in [1.807, 2.05) is 60.7 Å². The van der Waals surface area contributed by atoms with Crippen LogP contribution < -0.4 is 9.47 Å². The van der Waals surface area contributed by atoms with Crippen molar-refractivity contribution < 1.29 is 27.2 Å². The van der Waals surface area contributed by atoms with Crippen molar-refractivity contribution in [2.24, 2.45) is 0 Å². The lowest BCUT2D eigenvalue weighted by molar-refractivity contribution is 0.0821. The highest BCUT2D eigenvalue weighted by Gasteiger charge is 2.25. The molecule has 0 saturated heterocycles. The third-order valence-electron chi connectivity index (χ3n) is 4.43. The number of hydrogen-bond acceptors (Lipinski definition) is 5. The van der Waals surface area contributed by atoms with Crippen LogP contribution in [0.3, 0.4) is 0 Å². The molecule has 0 unspecified atom stereocenters. The first kappa shape index (κ1) is 22.3. The molecule has 8 heteroatoms. The van der Waals surface area contributed by atoms with Crippen molar-refractivity contribution in [3.05, 3.63) is 89.5 Å². The van der Waals surface area contributed by atoms with E-state index < -0.39 is 20.9 Å². The van der Waals surface area contributed by atoms with Crippen LogP contribution in [0.1, 0.15) is 21.5 Å². The fourth-order valence-electron chi connectivity index (χ4n) is 2.85. The third kappa shape index (κ3) is 5.84. The Balaban J connectivity index is 2.06. The van der Waals surface area contributed by atoms with E-state index in [9.17, 15) is 17.8 Å². The second kappa shape index (κ2) is 9.63. The Kier molecular flexibility index (Phi) is 6.94. The van der Waals surface area contributed by atoms with Crippen LogP contribution in [-0.2, 0) is 23.3 Å². The molecule has 0 aliphatic carbocycles. The summed E-state index contributed by atoms with van der Waals surface area (Å²) in [5.74, 6) is -0.343. The summed E-state index contributed by atoms with van der Waals surface area (Å²) in [5.41, 5.74) is 1.67. The van der Waals surface area contributed by atoms with Gasteiger partial charge in [-0.1, -0.05) is 60.7 Å². The van der Waals surface area contributed by atoms with Gasteiger partial charge >= 0.3 is 0 Å². The van der Waals surface area contributed by atoms with E-state index in [4.69, 9.17) is 9.47 Å². The molecular weight excluding hydrogens is 418 g/mol. The average Bonchev–Trinajstić information content (AvgIpc) is 2.76. The molecule has 0 atom stereocenters.